The van der Waals surface area contributed by atoms with Crippen LogP contribution in [0.25, 0.3) is 105 Å². The van der Waals surface area contributed by atoms with Crippen molar-refractivity contribution in [3.05, 3.63) is 423 Å². The minimum Gasteiger partial charge on any atom is -0.310 e. The summed E-state index contributed by atoms with van der Waals surface area (Å²) in [4.78, 5) is 5.07. The third-order valence-corrected chi connectivity index (χ3v) is 28.5. The first kappa shape index (κ1) is 63.0. The quantitative estimate of drug-likeness (QED) is 0.0794. The van der Waals surface area contributed by atoms with Crippen LogP contribution in [-0.2, 0) is 10.8 Å². The van der Waals surface area contributed by atoms with E-state index in [9.17, 15) is 9.60 Å². The molecule has 0 spiro atoms. The molecule has 2 aliphatic heterocycles. The maximum Gasteiger partial charge on any atom is 0.252 e. The maximum absolute atomic E-state index is 10.4. The minimum atomic E-state index is -2.97. The van der Waals surface area contributed by atoms with Crippen molar-refractivity contribution in [2.45, 2.75) is 52.4 Å². The van der Waals surface area contributed by atoms with Gasteiger partial charge in [0, 0.05) is 61.5 Å². The van der Waals surface area contributed by atoms with Crippen LogP contribution < -0.4 is 46.9 Å². The predicted octanol–water partition coefficient (Wildman–Crippen LogP) is 24.5. The molecule has 0 aliphatic carbocycles. The van der Waals surface area contributed by atoms with Crippen molar-refractivity contribution >= 4 is 108 Å². The van der Waals surface area contributed by atoms with E-state index in [2.05, 4.69) is 385 Å². The van der Waals surface area contributed by atoms with Crippen molar-refractivity contribution in [3.63, 3.8) is 0 Å². The van der Waals surface area contributed by atoms with Crippen LogP contribution in [0.5, 0.6) is 0 Å². The zero-order chi connectivity index (χ0) is 83.6. The standard InChI is InChI=1S/C110H86BN3Si/c1-109(2,3)85-67-83(68-86(73-85)110(4,5)6)84-71-104-106-105(72-84)114(108-94(79-41-21-10-22-42-79)54-34-55-95(108)80-43-23-11-24-44-80)103-74-87(112-100-56-32-31-51-96(100)97-69-81(59-65-101(97)112)75-35-15-7-16-36-75)61-64-98(103)111(106)99-70-82(60-66-102(99)113(104)107-92(77-37-17-8-18-38-77)52-33-53-93(107)78-39-19-9-20-40-78)76-57-62-91(63-58-76)115(88-45-25-12-26-46-88,89-47-27-13-28-48-89)90-49-29-14-30-50-90/h7-74H,1-6H3/i31D,32D,51D,56D,59D,65D,69D. The molecule has 5 heteroatoms. The summed E-state index contributed by atoms with van der Waals surface area (Å²) in [6.07, 6.45) is 0. The van der Waals surface area contributed by atoms with E-state index in [4.69, 9.17) is 0 Å². The van der Waals surface area contributed by atoms with E-state index in [1.807, 2.05) is 36.4 Å². The zero-order valence-electron chi connectivity index (χ0n) is 72.1. The number of benzene rings is 17. The monoisotopic (exact) mass is 1490 g/mol. The summed E-state index contributed by atoms with van der Waals surface area (Å²) in [5.74, 6) is 0. The fourth-order valence-corrected chi connectivity index (χ4v) is 22.8. The lowest BCUT2D eigenvalue weighted by molar-refractivity contribution is 0.569. The molecule has 0 unspecified atom stereocenters. The van der Waals surface area contributed by atoms with Crippen molar-refractivity contribution in [2.24, 2.45) is 0 Å². The Bertz CT molecular complexity index is 6900. The van der Waals surface area contributed by atoms with Gasteiger partial charge >= 0.3 is 0 Å². The van der Waals surface area contributed by atoms with Gasteiger partial charge in [0.2, 0.25) is 0 Å². The molecule has 2 aliphatic rings. The van der Waals surface area contributed by atoms with E-state index in [0.29, 0.717) is 11.3 Å². The molecule has 0 saturated heterocycles. The van der Waals surface area contributed by atoms with Gasteiger partial charge in [-0.25, -0.2) is 0 Å². The van der Waals surface area contributed by atoms with Crippen molar-refractivity contribution in [1.82, 2.24) is 4.57 Å². The topological polar surface area (TPSA) is 11.4 Å². The molecule has 0 amide bonds. The fraction of sp³-hybridized carbons (Fsp3) is 0.0727. The average Bonchev–Trinajstić information content (AvgIpc) is 0.980. The summed E-state index contributed by atoms with van der Waals surface area (Å²) >= 11 is 0. The first-order chi connectivity index (χ1) is 59.3. The van der Waals surface area contributed by atoms with Crippen LogP contribution in [0.1, 0.15) is 62.3 Å². The highest BCUT2D eigenvalue weighted by atomic mass is 28.3. The third-order valence-electron chi connectivity index (χ3n) is 23.7. The molecule has 115 heavy (non-hydrogen) atoms. The lowest BCUT2D eigenvalue weighted by atomic mass is 9.33. The number of hydrogen-bond acceptors (Lipinski definition) is 2. The number of para-hydroxylation sites is 3. The van der Waals surface area contributed by atoms with E-state index in [1.165, 1.54) is 31.9 Å². The number of nitrogens with zero attached hydrogens (tertiary/aromatic N) is 3. The smallest absolute Gasteiger partial charge is 0.252 e. The van der Waals surface area contributed by atoms with Crippen molar-refractivity contribution in [3.8, 4) is 83.6 Å². The molecule has 0 N–H and O–H groups in total. The molecule has 0 saturated carbocycles. The van der Waals surface area contributed by atoms with Crippen molar-refractivity contribution in [1.29, 1.82) is 0 Å². The summed E-state index contributed by atoms with van der Waals surface area (Å²) < 4.78 is 71.5. The fourth-order valence-electron chi connectivity index (χ4n) is 18.1. The van der Waals surface area contributed by atoms with Gasteiger partial charge in [-0.15, -0.1) is 0 Å². The van der Waals surface area contributed by atoms with Crippen molar-refractivity contribution in [2.75, 3.05) is 9.80 Å². The highest BCUT2D eigenvalue weighted by Crippen LogP contribution is 2.55. The normalized spacial score (nSPS) is 13.4. The Morgan fingerprint density at radius 2 is 0.678 bits per heavy atom. The van der Waals surface area contributed by atoms with Gasteiger partial charge in [-0.1, -0.05) is 405 Å². The second kappa shape index (κ2) is 28.6. The largest absolute Gasteiger partial charge is 0.310 e. The van der Waals surface area contributed by atoms with Crippen LogP contribution >= 0.6 is 0 Å². The third kappa shape index (κ3) is 12.2. The Morgan fingerprint density at radius 1 is 0.278 bits per heavy atom. The second-order valence-electron chi connectivity index (χ2n) is 32.5. The molecule has 1 aromatic heterocycles. The van der Waals surface area contributed by atoms with Gasteiger partial charge in [-0.3, -0.25) is 0 Å². The molecule has 17 aromatic carbocycles. The van der Waals surface area contributed by atoms with E-state index < -0.39 is 26.9 Å². The Kier molecular flexibility index (Phi) is 15.6. The molecule has 3 nitrogen and oxygen atoms in total. The molecule has 0 atom stereocenters. The first-order valence-corrected chi connectivity index (χ1v) is 41.8. The summed E-state index contributed by atoms with van der Waals surface area (Å²) in [7, 11) is -2.97. The number of anilines is 6. The Balaban J connectivity index is 0.955. The minimum absolute atomic E-state index is 0.101. The van der Waals surface area contributed by atoms with Gasteiger partial charge in [0.15, 0.2) is 8.07 Å². The number of hydrogen-bond donors (Lipinski definition) is 0. The summed E-state index contributed by atoms with van der Waals surface area (Å²) in [6.45, 7) is 13.3. The highest BCUT2D eigenvalue weighted by Gasteiger charge is 2.47. The molecular weight excluding hydrogens is 1400 g/mol. The molecule has 548 valence electrons. The average molecular weight is 1500 g/mol. The lowest BCUT2D eigenvalue weighted by Gasteiger charge is -2.46. The summed E-state index contributed by atoms with van der Waals surface area (Å²) in [6, 6.07) is 132. The number of aromatic nitrogens is 1. The van der Waals surface area contributed by atoms with E-state index in [-0.39, 0.29) is 68.4 Å². The Labute approximate surface area is 687 Å². The van der Waals surface area contributed by atoms with E-state index >= 15 is 0 Å². The van der Waals surface area contributed by atoms with Gasteiger partial charge in [-0.05, 0) is 163 Å². The molecule has 20 rings (SSSR count). The summed E-state index contributed by atoms with van der Waals surface area (Å²) in [5, 5.41) is 5.38. The zero-order valence-corrected chi connectivity index (χ0v) is 66.1. The molecule has 18 aromatic rings. The highest BCUT2D eigenvalue weighted by molar-refractivity contribution is 7.20. The molecular formula is C110H86BN3Si. The summed E-state index contributed by atoms with van der Waals surface area (Å²) in [5.41, 5.74) is 24.1. The van der Waals surface area contributed by atoms with Gasteiger partial charge in [0.1, 0.15) is 0 Å². The van der Waals surface area contributed by atoms with Crippen LogP contribution in [0.4, 0.5) is 34.1 Å². The predicted molar refractivity (Wildman–Crippen MR) is 494 cm³/mol. The van der Waals surface area contributed by atoms with Crippen LogP contribution in [0.3, 0.4) is 0 Å². The van der Waals surface area contributed by atoms with Gasteiger partial charge in [0.05, 0.1) is 32.0 Å². The maximum atomic E-state index is 10.4. The molecule has 3 heterocycles. The Hall–Kier alpha value is -13.6. The molecule has 0 bridgehead atoms. The number of fused-ring (bicyclic) bond motifs is 7. The molecule has 0 fully saturated rings. The number of rotatable bonds is 14. The Morgan fingerprint density at radius 3 is 1.15 bits per heavy atom. The van der Waals surface area contributed by atoms with E-state index in [0.717, 1.165) is 117 Å². The van der Waals surface area contributed by atoms with Gasteiger partial charge < -0.3 is 14.4 Å². The molecule has 0 radical (unpaired) electrons. The van der Waals surface area contributed by atoms with Crippen molar-refractivity contribution < 1.29 is 9.60 Å². The van der Waals surface area contributed by atoms with E-state index in [1.54, 1.807) is 4.57 Å². The second-order valence-corrected chi connectivity index (χ2v) is 36.3. The van der Waals surface area contributed by atoms with Gasteiger partial charge in [0.25, 0.3) is 6.71 Å². The van der Waals surface area contributed by atoms with Gasteiger partial charge in [-0.2, -0.15) is 0 Å². The van der Waals surface area contributed by atoms with Crippen LogP contribution in [0.2, 0.25) is 0 Å². The van der Waals surface area contributed by atoms with Crippen LogP contribution in [-0.4, -0.2) is 19.4 Å². The lowest BCUT2D eigenvalue weighted by Crippen LogP contribution is -2.74. The van der Waals surface area contributed by atoms with Crippen LogP contribution in [0, 0.1) is 0 Å². The first-order valence-electron chi connectivity index (χ1n) is 43.3. The van der Waals surface area contributed by atoms with Crippen LogP contribution in [0.15, 0.2) is 412 Å². The SMILES string of the molecule is [2H]c1c([2H])c([2H])c2c(c1[2H])c1c([2H])c(-c3ccccc3)c([2H])c([2H])c1n2-c1ccc2c(c1)N(c1c(-c3ccccc3)cccc1-c1ccccc1)c1cc(-c3cc(C(C)(C)C)cc(C(C)(C)C)c3)cc3c1B2c1cc(-c2ccc([Si](c4ccccc4)(c4ccccc4)c4ccccc4)cc2)ccc1N3c1c(-c2ccccc2)cccc1-c1ccccc1.